The van der Waals surface area contributed by atoms with Gasteiger partial charge in [0.2, 0.25) is 0 Å². The van der Waals surface area contributed by atoms with Gasteiger partial charge in [0.15, 0.2) is 0 Å². The van der Waals surface area contributed by atoms with Crippen LogP contribution >= 0.6 is 0 Å². The molecular formula is C18H30N2. The third-order valence-electron chi connectivity index (χ3n) is 4.88. The second kappa shape index (κ2) is 7.12. The van der Waals surface area contributed by atoms with Crippen molar-refractivity contribution in [2.24, 2.45) is 17.6 Å². The molecule has 1 aliphatic carbocycles. The van der Waals surface area contributed by atoms with Crippen molar-refractivity contribution in [3.63, 3.8) is 0 Å². The van der Waals surface area contributed by atoms with Gasteiger partial charge in [-0.15, -0.1) is 0 Å². The standard InChI is InChI=1S/C18H30N2/c1-4-7-15-10-11-17(19)16(12-15)13-20(3)18-9-6-5-8-14(18)2/h5-6,8-9,15-17H,4,7,10-13,19H2,1-3H3. The maximum atomic E-state index is 6.38. The van der Waals surface area contributed by atoms with Gasteiger partial charge in [-0.2, -0.15) is 0 Å². The van der Waals surface area contributed by atoms with Gasteiger partial charge in [-0.1, -0.05) is 38.0 Å². The van der Waals surface area contributed by atoms with E-state index in [1.807, 2.05) is 0 Å². The maximum absolute atomic E-state index is 6.38. The number of nitrogens with two attached hydrogens (primary N) is 1. The van der Waals surface area contributed by atoms with Crippen LogP contribution in [0.3, 0.4) is 0 Å². The zero-order valence-corrected chi connectivity index (χ0v) is 13.3. The third kappa shape index (κ3) is 3.76. The first kappa shape index (κ1) is 15.4. The van der Waals surface area contributed by atoms with Crippen molar-refractivity contribution in [3.8, 4) is 0 Å². The van der Waals surface area contributed by atoms with Crippen LogP contribution in [0.15, 0.2) is 24.3 Å². The van der Waals surface area contributed by atoms with E-state index in [9.17, 15) is 0 Å². The lowest BCUT2D eigenvalue weighted by atomic mass is 9.76. The molecule has 1 aromatic rings. The monoisotopic (exact) mass is 274 g/mol. The Bertz CT molecular complexity index is 416. The van der Waals surface area contributed by atoms with Crippen molar-refractivity contribution in [2.75, 3.05) is 18.5 Å². The van der Waals surface area contributed by atoms with Gasteiger partial charge >= 0.3 is 0 Å². The molecule has 0 amide bonds. The van der Waals surface area contributed by atoms with Gasteiger partial charge in [-0.25, -0.2) is 0 Å². The first-order chi connectivity index (χ1) is 9.61. The van der Waals surface area contributed by atoms with Gasteiger partial charge in [0.1, 0.15) is 0 Å². The molecule has 2 N–H and O–H groups in total. The molecule has 1 aliphatic rings. The van der Waals surface area contributed by atoms with E-state index in [0.29, 0.717) is 12.0 Å². The number of nitrogens with zero attached hydrogens (tertiary/aromatic N) is 1. The van der Waals surface area contributed by atoms with Gasteiger partial charge in [0.25, 0.3) is 0 Å². The Balaban J connectivity index is 1.98. The summed E-state index contributed by atoms with van der Waals surface area (Å²) < 4.78 is 0. The van der Waals surface area contributed by atoms with E-state index in [-0.39, 0.29) is 0 Å². The molecule has 2 nitrogen and oxygen atoms in total. The van der Waals surface area contributed by atoms with Crippen molar-refractivity contribution < 1.29 is 0 Å². The minimum atomic E-state index is 0.384. The fourth-order valence-corrected chi connectivity index (χ4v) is 3.71. The SMILES string of the molecule is CCCC1CCC(N)C(CN(C)c2ccccc2C)C1. The van der Waals surface area contributed by atoms with E-state index >= 15 is 0 Å². The molecule has 0 aliphatic heterocycles. The van der Waals surface area contributed by atoms with Gasteiger partial charge in [0, 0.05) is 25.3 Å². The predicted molar refractivity (Wildman–Crippen MR) is 88.2 cm³/mol. The molecule has 20 heavy (non-hydrogen) atoms. The highest BCUT2D eigenvalue weighted by Gasteiger charge is 2.28. The number of aryl methyl sites for hydroxylation is 1. The highest BCUT2D eigenvalue weighted by Crippen LogP contribution is 2.32. The van der Waals surface area contributed by atoms with E-state index in [4.69, 9.17) is 5.73 Å². The van der Waals surface area contributed by atoms with Crippen LogP contribution in [0.5, 0.6) is 0 Å². The summed E-state index contributed by atoms with van der Waals surface area (Å²) in [5.41, 5.74) is 9.07. The summed E-state index contributed by atoms with van der Waals surface area (Å²) in [5.74, 6) is 1.54. The lowest BCUT2D eigenvalue weighted by Gasteiger charge is -2.37. The van der Waals surface area contributed by atoms with E-state index in [1.165, 1.54) is 43.4 Å². The molecule has 0 heterocycles. The van der Waals surface area contributed by atoms with Crippen LogP contribution in [0.1, 0.15) is 44.6 Å². The zero-order chi connectivity index (χ0) is 14.5. The van der Waals surface area contributed by atoms with Crippen LogP contribution in [0, 0.1) is 18.8 Å². The largest absolute Gasteiger partial charge is 0.374 e. The zero-order valence-electron chi connectivity index (χ0n) is 13.3. The summed E-state index contributed by atoms with van der Waals surface area (Å²) in [6.45, 7) is 5.57. The first-order valence-corrected chi connectivity index (χ1v) is 8.14. The summed E-state index contributed by atoms with van der Waals surface area (Å²) in [4.78, 5) is 2.40. The average molecular weight is 274 g/mol. The fraction of sp³-hybridized carbons (Fsp3) is 0.667. The van der Waals surface area contributed by atoms with Crippen molar-refractivity contribution in [1.29, 1.82) is 0 Å². The maximum Gasteiger partial charge on any atom is 0.0393 e. The third-order valence-corrected chi connectivity index (χ3v) is 4.88. The van der Waals surface area contributed by atoms with Crippen LogP contribution in [0.4, 0.5) is 5.69 Å². The second-order valence-electron chi connectivity index (χ2n) is 6.56. The summed E-state index contributed by atoms with van der Waals surface area (Å²) >= 11 is 0. The molecule has 0 aromatic heterocycles. The lowest BCUT2D eigenvalue weighted by molar-refractivity contribution is 0.226. The molecule has 1 fully saturated rings. The number of hydrogen-bond acceptors (Lipinski definition) is 2. The highest BCUT2D eigenvalue weighted by molar-refractivity contribution is 5.52. The van der Waals surface area contributed by atoms with Gasteiger partial charge in [0.05, 0.1) is 0 Å². The van der Waals surface area contributed by atoms with Crippen LogP contribution in [-0.4, -0.2) is 19.6 Å². The van der Waals surface area contributed by atoms with Gasteiger partial charge in [-0.3, -0.25) is 0 Å². The van der Waals surface area contributed by atoms with Crippen molar-refractivity contribution >= 4 is 5.69 Å². The Kier molecular flexibility index (Phi) is 5.47. The van der Waals surface area contributed by atoms with E-state index in [0.717, 1.165) is 12.5 Å². The molecule has 3 unspecified atom stereocenters. The Morgan fingerprint density at radius 1 is 1.25 bits per heavy atom. The van der Waals surface area contributed by atoms with E-state index < -0.39 is 0 Å². The quantitative estimate of drug-likeness (QED) is 0.880. The van der Waals surface area contributed by atoms with Gasteiger partial charge in [-0.05, 0) is 49.7 Å². The minimum Gasteiger partial charge on any atom is -0.374 e. The molecule has 2 heteroatoms. The molecule has 0 spiro atoms. The van der Waals surface area contributed by atoms with Crippen molar-refractivity contribution in [2.45, 2.75) is 52.0 Å². The number of benzene rings is 1. The summed E-state index contributed by atoms with van der Waals surface area (Å²) in [6, 6.07) is 9.02. The predicted octanol–water partition coefficient (Wildman–Crippen LogP) is 3.97. The fourth-order valence-electron chi connectivity index (χ4n) is 3.71. The molecular weight excluding hydrogens is 244 g/mol. The molecule has 112 valence electrons. The molecule has 0 saturated heterocycles. The smallest absolute Gasteiger partial charge is 0.0393 e. The minimum absolute atomic E-state index is 0.384. The Hall–Kier alpha value is -1.02. The molecule has 1 saturated carbocycles. The molecule has 2 rings (SSSR count). The Morgan fingerprint density at radius 2 is 2.00 bits per heavy atom. The van der Waals surface area contributed by atoms with Gasteiger partial charge < -0.3 is 10.6 Å². The normalized spacial score (nSPS) is 26.5. The van der Waals surface area contributed by atoms with Crippen LogP contribution in [-0.2, 0) is 0 Å². The first-order valence-electron chi connectivity index (χ1n) is 8.14. The van der Waals surface area contributed by atoms with Crippen LogP contribution in [0.25, 0.3) is 0 Å². The number of anilines is 1. The molecule has 1 aromatic carbocycles. The molecule has 0 radical (unpaired) electrons. The number of rotatable bonds is 5. The number of hydrogen-bond donors (Lipinski definition) is 1. The summed E-state index contributed by atoms with van der Waals surface area (Å²) in [5, 5.41) is 0. The topological polar surface area (TPSA) is 29.3 Å². The number of para-hydroxylation sites is 1. The Morgan fingerprint density at radius 3 is 2.70 bits per heavy atom. The molecule has 0 bridgehead atoms. The Labute approximate surface area is 124 Å². The van der Waals surface area contributed by atoms with E-state index in [2.05, 4.69) is 50.1 Å². The molecule has 3 atom stereocenters. The van der Waals surface area contributed by atoms with Crippen molar-refractivity contribution in [3.05, 3.63) is 29.8 Å². The average Bonchev–Trinajstić information content (AvgIpc) is 2.43. The highest BCUT2D eigenvalue weighted by atomic mass is 15.1. The van der Waals surface area contributed by atoms with E-state index in [1.54, 1.807) is 0 Å². The van der Waals surface area contributed by atoms with Crippen molar-refractivity contribution in [1.82, 2.24) is 0 Å². The van der Waals surface area contributed by atoms with Crippen LogP contribution < -0.4 is 10.6 Å². The lowest BCUT2D eigenvalue weighted by Crippen LogP contribution is -2.42. The summed E-state index contributed by atoms with van der Waals surface area (Å²) in [7, 11) is 2.21. The second-order valence-corrected chi connectivity index (χ2v) is 6.56. The summed E-state index contributed by atoms with van der Waals surface area (Å²) in [6.07, 6.45) is 6.53. The van der Waals surface area contributed by atoms with Crippen LogP contribution in [0.2, 0.25) is 0 Å².